The first-order valence-corrected chi connectivity index (χ1v) is 7.19. The van der Waals surface area contributed by atoms with Crippen molar-refractivity contribution in [3.8, 4) is 5.75 Å². The molecule has 0 bridgehead atoms. The number of halogens is 1. The van der Waals surface area contributed by atoms with Crippen LogP contribution in [0.2, 0.25) is 0 Å². The van der Waals surface area contributed by atoms with E-state index >= 15 is 0 Å². The lowest BCUT2D eigenvalue weighted by molar-refractivity contribution is 0.0899. The number of ether oxygens (including phenoxy) is 1. The summed E-state index contributed by atoms with van der Waals surface area (Å²) < 4.78 is 18.5. The van der Waals surface area contributed by atoms with E-state index in [-0.39, 0.29) is 11.5 Å². The van der Waals surface area contributed by atoms with Crippen molar-refractivity contribution in [3.63, 3.8) is 0 Å². The largest absolute Gasteiger partial charge is 0.494 e. The minimum Gasteiger partial charge on any atom is -0.494 e. The predicted octanol–water partition coefficient (Wildman–Crippen LogP) is 3.28. The molecule has 0 amide bonds. The second kappa shape index (κ2) is 6.84. The van der Waals surface area contributed by atoms with Crippen LogP contribution in [0.15, 0.2) is 18.2 Å². The zero-order valence-corrected chi connectivity index (χ0v) is 12.2. The number of methoxy groups -OCH3 is 1. The van der Waals surface area contributed by atoms with Crippen molar-refractivity contribution in [2.24, 2.45) is 0 Å². The summed E-state index contributed by atoms with van der Waals surface area (Å²) in [6, 6.07) is 4.87. The summed E-state index contributed by atoms with van der Waals surface area (Å²) in [4.78, 5) is 14.3. The molecule has 1 saturated carbocycles. The van der Waals surface area contributed by atoms with Crippen LogP contribution in [-0.4, -0.2) is 37.4 Å². The molecular weight excluding hydrogens is 257 g/mol. The fraction of sp³-hybridized carbons (Fsp3) is 0.562. The monoisotopic (exact) mass is 279 g/mol. The van der Waals surface area contributed by atoms with E-state index in [1.165, 1.54) is 38.5 Å². The molecule has 0 N–H and O–H groups in total. The van der Waals surface area contributed by atoms with Crippen molar-refractivity contribution in [3.05, 3.63) is 29.6 Å². The van der Waals surface area contributed by atoms with Crippen LogP contribution in [0.25, 0.3) is 0 Å². The van der Waals surface area contributed by atoms with E-state index in [0.29, 0.717) is 18.2 Å². The van der Waals surface area contributed by atoms with Crippen molar-refractivity contribution in [1.29, 1.82) is 0 Å². The molecule has 1 aliphatic rings. The minimum atomic E-state index is -0.487. The summed E-state index contributed by atoms with van der Waals surface area (Å²) in [5, 5.41) is 0. The third-order valence-electron chi connectivity index (χ3n) is 4.06. The Morgan fingerprint density at radius 1 is 1.35 bits per heavy atom. The summed E-state index contributed by atoms with van der Waals surface area (Å²) in [5.41, 5.74) is 0.408. The molecule has 2 rings (SSSR count). The summed E-state index contributed by atoms with van der Waals surface area (Å²) in [5.74, 6) is -0.361. The SMILES string of the molecule is COc1ccc(C(=O)CN(C)C2CCCCC2)cc1F. The first kappa shape index (κ1) is 15.0. The lowest BCUT2D eigenvalue weighted by Gasteiger charge is -2.30. The Balaban J connectivity index is 1.98. The number of hydrogen-bond donors (Lipinski definition) is 0. The van der Waals surface area contributed by atoms with E-state index in [0.717, 1.165) is 12.8 Å². The molecule has 1 fully saturated rings. The van der Waals surface area contributed by atoms with Gasteiger partial charge in [0.2, 0.25) is 0 Å². The van der Waals surface area contributed by atoms with E-state index in [1.807, 2.05) is 7.05 Å². The minimum absolute atomic E-state index is 0.0420. The molecule has 1 aromatic rings. The molecule has 20 heavy (non-hydrogen) atoms. The number of likely N-dealkylation sites (N-methyl/N-ethyl adjacent to an activating group) is 1. The number of nitrogens with zero attached hydrogens (tertiary/aromatic N) is 1. The highest BCUT2D eigenvalue weighted by molar-refractivity contribution is 5.97. The number of hydrogen-bond acceptors (Lipinski definition) is 3. The molecule has 0 heterocycles. The van der Waals surface area contributed by atoms with Crippen LogP contribution in [0.1, 0.15) is 42.5 Å². The van der Waals surface area contributed by atoms with E-state index in [2.05, 4.69) is 4.90 Å². The number of carbonyl (C=O) groups is 1. The van der Waals surface area contributed by atoms with Gasteiger partial charge in [0, 0.05) is 11.6 Å². The summed E-state index contributed by atoms with van der Waals surface area (Å²) in [7, 11) is 3.39. The van der Waals surface area contributed by atoms with Gasteiger partial charge in [0.25, 0.3) is 0 Å². The molecule has 0 spiro atoms. The number of rotatable bonds is 5. The molecule has 1 aliphatic carbocycles. The number of Topliss-reactive ketones (excluding diaryl/α,β-unsaturated/α-hetero) is 1. The maximum absolute atomic E-state index is 13.6. The highest BCUT2D eigenvalue weighted by Gasteiger charge is 2.20. The first-order valence-electron chi connectivity index (χ1n) is 7.19. The molecule has 0 aromatic heterocycles. The number of benzene rings is 1. The molecule has 0 radical (unpaired) electrons. The van der Waals surface area contributed by atoms with Crippen LogP contribution in [0, 0.1) is 5.82 Å². The average molecular weight is 279 g/mol. The normalized spacial score (nSPS) is 16.4. The smallest absolute Gasteiger partial charge is 0.176 e. The van der Waals surface area contributed by atoms with Crippen LogP contribution in [0.5, 0.6) is 5.75 Å². The van der Waals surface area contributed by atoms with Gasteiger partial charge in [-0.2, -0.15) is 0 Å². The topological polar surface area (TPSA) is 29.5 Å². The van der Waals surface area contributed by atoms with Crippen LogP contribution < -0.4 is 4.74 Å². The second-order valence-corrected chi connectivity index (χ2v) is 5.48. The van der Waals surface area contributed by atoms with Gasteiger partial charge in [-0.15, -0.1) is 0 Å². The van der Waals surface area contributed by atoms with Crippen LogP contribution in [-0.2, 0) is 0 Å². The quantitative estimate of drug-likeness (QED) is 0.775. The Morgan fingerprint density at radius 2 is 2.05 bits per heavy atom. The molecule has 1 aromatic carbocycles. The Morgan fingerprint density at radius 3 is 2.65 bits per heavy atom. The van der Waals surface area contributed by atoms with E-state index in [9.17, 15) is 9.18 Å². The third kappa shape index (κ3) is 3.57. The van der Waals surface area contributed by atoms with E-state index in [1.54, 1.807) is 6.07 Å². The first-order chi connectivity index (χ1) is 9.61. The zero-order valence-electron chi connectivity index (χ0n) is 12.2. The molecule has 0 unspecified atom stereocenters. The zero-order chi connectivity index (χ0) is 14.5. The van der Waals surface area contributed by atoms with E-state index in [4.69, 9.17) is 4.74 Å². The Hall–Kier alpha value is -1.42. The highest BCUT2D eigenvalue weighted by Crippen LogP contribution is 2.22. The second-order valence-electron chi connectivity index (χ2n) is 5.48. The molecular formula is C16H22FNO2. The van der Waals surface area contributed by atoms with Gasteiger partial charge in [-0.1, -0.05) is 19.3 Å². The van der Waals surface area contributed by atoms with Gasteiger partial charge in [0.05, 0.1) is 13.7 Å². The number of ketones is 1. The average Bonchev–Trinajstić information content (AvgIpc) is 2.48. The number of carbonyl (C=O) groups excluding carboxylic acids is 1. The standard InChI is InChI=1S/C16H22FNO2/c1-18(13-6-4-3-5-7-13)11-15(19)12-8-9-16(20-2)14(17)10-12/h8-10,13H,3-7,11H2,1-2H3. The maximum Gasteiger partial charge on any atom is 0.176 e. The van der Waals surface area contributed by atoms with Crippen LogP contribution in [0.4, 0.5) is 4.39 Å². The molecule has 4 heteroatoms. The van der Waals surface area contributed by atoms with Crippen molar-refractivity contribution < 1.29 is 13.9 Å². The Labute approximate surface area is 119 Å². The third-order valence-corrected chi connectivity index (χ3v) is 4.06. The van der Waals surface area contributed by atoms with Crippen LogP contribution in [0.3, 0.4) is 0 Å². The molecule has 110 valence electrons. The molecule has 0 saturated heterocycles. The lowest BCUT2D eigenvalue weighted by Crippen LogP contribution is -2.37. The van der Waals surface area contributed by atoms with Gasteiger partial charge in [-0.3, -0.25) is 9.69 Å². The molecule has 0 atom stereocenters. The van der Waals surface area contributed by atoms with Gasteiger partial charge in [0.1, 0.15) is 0 Å². The molecule has 0 aliphatic heterocycles. The summed E-state index contributed by atoms with van der Waals surface area (Å²) in [6.07, 6.45) is 6.07. The molecule has 3 nitrogen and oxygen atoms in total. The Bertz CT molecular complexity index is 470. The predicted molar refractivity (Wildman–Crippen MR) is 76.8 cm³/mol. The van der Waals surface area contributed by atoms with Crippen molar-refractivity contribution >= 4 is 5.78 Å². The van der Waals surface area contributed by atoms with Gasteiger partial charge in [-0.25, -0.2) is 4.39 Å². The van der Waals surface area contributed by atoms with Gasteiger partial charge in [-0.05, 0) is 38.1 Å². The lowest BCUT2D eigenvalue weighted by atomic mass is 9.94. The van der Waals surface area contributed by atoms with Crippen molar-refractivity contribution in [2.75, 3.05) is 20.7 Å². The fourth-order valence-corrected chi connectivity index (χ4v) is 2.81. The van der Waals surface area contributed by atoms with Gasteiger partial charge in [0.15, 0.2) is 17.3 Å². The van der Waals surface area contributed by atoms with Gasteiger partial charge < -0.3 is 4.74 Å². The van der Waals surface area contributed by atoms with Crippen molar-refractivity contribution in [2.45, 2.75) is 38.1 Å². The van der Waals surface area contributed by atoms with Gasteiger partial charge >= 0.3 is 0 Å². The highest BCUT2D eigenvalue weighted by atomic mass is 19.1. The van der Waals surface area contributed by atoms with Crippen molar-refractivity contribution in [1.82, 2.24) is 4.90 Å². The summed E-state index contributed by atoms with van der Waals surface area (Å²) >= 11 is 0. The summed E-state index contributed by atoms with van der Waals surface area (Å²) in [6.45, 7) is 0.344. The van der Waals surface area contributed by atoms with Crippen LogP contribution >= 0.6 is 0 Å². The van der Waals surface area contributed by atoms with E-state index < -0.39 is 5.82 Å². The maximum atomic E-state index is 13.6. The Kier molecular flexibility index (Phi) is 5.12. The fourth-order valence-electron chi connectivity index (χ4n) is 2.81.